The van der Waals surface area contributed by atoms with Crippen molar-refractivity contribution in [2.45, 2.75) is 0 Å². The third-order valence-electron chi connectivity index (χ3n) is 8.38. The predicted molar refractivity (Wildman–Crippen MR) is 179 cm³/mol. The van der Waals surface area contributed by atoms with Crippen molar-refractivity contribution >= 4 is 44.0 Å². The van der Waals surface area contributed by atoms with Crippen molar-refractivity contribution in [2.75, 3.05) is 0 Å². The summed E-state index contributed by atoms with van der Waals surface area (Å²) < 4.78 is 4.48. The quantitative estimate of drug-likeness (QED) is 0.214. The Morgan fingerprint density at radius 2 is 1.02 bits per heavy atom. The normalized spacial score (nSPS) is 11.6. The van der Waals surface area contributed by atoms with E-state index in [-0.39, 0.29) is 0 Å². The number of pyridine rings is 3. The summed E-state index contributed by atoms with van der Waals surface area (Å²) in [6, 6.07) is 50.4. The molecule has 0 aliphatic heterocycles. The minimum atomic E-state index is 0.878. The second-order valence-electron chi connectivity index (χ2n) is 10.9. The van der Waals surface area contributed by atoms with E-state index in [1.54, 1.807) is 0 Å². The average Bonchev–Trinajstić information content (AvgIpc) is 3.60. The molecule has 5 nitrogen and oxygen atoms in total. The molecule has 5 aromatic heterocycles. The lowest BCUT2D eigenvalue weighted by Gasteiger charge is -2.10. The van der Waals surface area contributed by atoms with Crippen molar-refractivity contribution in [2.24, 2.45) is 0 Å². The minimum Gasteiger partial charge on any atom is -0.294 e. The summed E-state index contributed by atoms with van der Waals surface area (Å²) >= 11 is 0. The van der Waals surface area contributed by atoms with Gasteiger partial charge in [0.15, 0.2) is 0 Å². The highest BCUT2D eigenvalue weighted by atomic mass is 15.1. The Labute approximate surface area is 253 Å². The van der Waals surface area contributed by atoms with E-state index in [1.807, 2.05) is 36.5 Å². The first-order valence-corrected chi connectivity index (χ1v) is 14.7. The number of hydrogen-bond donors (Lipinski definition) is 0. The van der Waals surface area contributed by atoms with Gasteiger partial charge in [-0.05, 0) is 60.7 Å². The summed E-state index contributed by atoms with van der Waals surface area (Å²) in [6.45, 7) is 0. The van der Waals surface area contributed by atoms with E-state index in [9.17, 15) is 0 Å². The van der Waals surface area contributed by atoms with E-state index in [4.69, 9.17) is 15.0 Å². The fourth-order valence-corrected chi connectivity index (χ4v) is 6.36. The van der Waals surface area contributed by atoms with Crippen LogP contribution in [0.3, 0.4) is 0 Å². The van der Waals surface area contributed by atoms with Crippen molar-refractivity contribution in [3.8, 4) is 33.9 Å². The summed E-state index contributed by atoms with van der Waals surface area (Å²) in [4.78, 5) is 15.2. The molecule has 44 heavy (non-hydrogen) atoms. The molecule has 9 rings (SSSR count). The number of fused-ring (bicyclic) bond motifs is 6. The third kappa shape index (κ3) is 3.76. The lowest BCUT2D eigenvalue weighted by molar-refractivity contribution is 1.11. The van der Waals surface area contributed by atoms with Crippen molar-refractivity contribution in [1.29, 1.82) is 0 Å². The van der Waals surface area contributed by atoms with E-state index in [1.165, 1.54) is 5.39 Å². The van der Waals surface area contributed by atoms with Crippen molar-refractivity contribution < 1.29 is 0 Å². The maximum atomic E-state index is 5.40. The molecule has 0 atom stereocenters. The van der Waals surface area contributed by atoms with Crippen LogP contribution in [0.4, 0.5) is 0 Å². The van der Waals surface area contributed by atoms with Crippen LogP contribution in [0.15, 0.2) is 152 Å². The molecule has 0 aliphatic carbocycles. The smallest absolute Gasteiger partial charge is 0.149 e. The summed E-state index contributed by atoms with van der Waals surface area (Å²) in [5.41, 5.74) is 11.1. The Hall–Kier alpha value is -6.07. The van der Waals surface area contributed by atoms with Crippen molar-refractivity contribution in [3.63, 3.8) is 0 Å². The van der Waals surface area contributed by atoms with E-state index in [0.29, 0.717) is 0 Å². The minimum absolute atomic E-state index is 0.878. The monoisotopic (exact) mass is 563 g/mol. The largest absolute Gasteiger partial charge is 0.294 e. The van der Waals surface area contributed by atoms with E-state index in [0.717, 1.165) is 72.5 Å². The zero-order valence-electron chi connectivity index (χ0n) is 23.7. The van der Waals surface area contributed by atoms with Crippen molar-refractivity contribution in [1.82, 2.24) is 24.1 Å². The van der Waals surface area contributed by atoms with Gasteiger partial charge in [-0.25, -0.2) is 9.97 Å². The topological polar surface area (TPSA) is 48.5 Å². The van der Waals surface area contributed by atoms with Crippen LogP contribution in [-0.2, 0) is 0 Å². The maximum Gasteiger partial charge on any atom is 0.149 e. The molecular formula is C39H25N5. The molecule has 0 saturated carbocycles. The number of benzene rings is 4. The molecular weight excluding hydrogens is 538 g/mol. The molecule has 0 aliphatic rings. The van der Waals surface area contributed by atoms with Crippen LogP contribution in [0.1, 0.15) is 0 Å². The van der Waals surface area contributed by atoms with Crippen molar-refractivity contribution in [3.05, 3.63) is 152 Å². The molecule has 0 N–H and O–H groups in total. The van der Waals surface area contributed by atoms with E-state index in [2.05, 4.69) is 124 Å². The number of aromatic nitrogens is 5. The van der Waals surface area contributed by atoms with Crippen LogP contribution in [0, 0.1) is 0 Å². The highest BCUT2D eigenvalue weighted by Crippen LogP contribution is 2.37. The van der Waals surface area contributed by atoms with Gasteiger partial charge in [0, 0.05) is 44.9 Å². The number of rotatable bonds is 4. The van der Waals surface area contributed by atoms with E-state index < -0.39 is 0 Å². The Bertz CT molecular complexity index is 2470. The zero-order valence-corrected chi connectivity index (χ0v) is 23.7. The molecule has 5 heteroatoms. The number of para-hydroxylation sites is 2. The Morgan fingerprint density at radius 1 is 0.409 bits per heavy atom. The van der Waals surface area contributed by atoms with Gasteiger partial charge in [-0.15, -0.1) is 0 Å². The zero-order chi connectivity index (χ0) is 29.0. The molecule has 0 bridgehead atoms. The van der Waals surface area contributed by atoms with Gasteiger partial charge in [0.1, 0.15) is 11.3 Å². The van der Waals surface area contributed by atoms with Gasteiger partial charge in [0.05, 0.1) is 27.9 Å². The van der Waals surface area contributed by atoms with Crippen LogP contribution in [-0.4, -0.2) is 24.1 Å². The lowest BCUT2D eigenvalue weighted by atomic mass is 10.1. The molecule has 206 valence electrons. The van der Waals surface area contributed by atoms with Gasteiger partial charge < -0.3 is 0 Å². The average molecular weight is 564 g/mol. The number of nitrogens with zero attached hydrogens (tertiary/aromatic N) is 5. The molecule has 0 radical (unpaired) electrons. The second kappa shape index (κ2) is 9.75. The second-order valence-corrected chi connectivity index (χ2v) is 10.9. The van der Waals surface area contributed by atoms with Gasteiger partial charge in [-0.1, -0.05) is 84.9 Å². The van der Waals surface area contributed by atoms with Crippen LogP contribution < -0.4 is 0 Å². The Morgan fingerprint density at radius 3 is 1.82 bits per heavy atom. The van der Waals surface area contributed by atoms with Crippen LogP contribution in [0.5, 0.6) is 0 Å². The number of hydrogen-bond acceptors (Lipinski definition) is 3. The highest BCUT2D eigenvalue weighted by Gasteiger charge is 2.20. The first kappa shape index (κ1) is 24.5. The standard InChI is InChI=1S/C39H25N5/c1-3-11-26(12-4-1)33-16-9-17-34(41-33)27-20-22-29(23-21-27)44-36-19-10-24-40-37(36)32-25-31-30-15-7-8-18-35(30)43(38(31)42-39(32)44)28-13-5-2-6-14-28/h1-25H. The molecule has 9 aromatic rings. The summed E-state index contributed by atoms with van der Waals surface area (Å²) in [5, 5.41) is 3.32. The fraction of sp³-hybridized carbons (Fsp3) is 0. The van der Waals surface area contributed by atoms with Gasteiger partial charge in [-0.2, -0.15) is 0 Å². The highest BCUT2D eigenvalue weighted by molar-refractivity contribution is 6.15. The van der Waals surface area contributed by atoms with Crippen LogP contribution in [0.2, 0.25) is 0 Å². The molecule has 0 amide bonds. The first-order valence-electron chi connectivity index (χ1n) is 14.7. The molecule has 0 saturated heterocycles. The predicted octanol–water partition coefficient (Wildman–Crippen LogP) is 9.40. The van der Waals surface area contributed by atoms with Crippen LogP contribution >= 0.6 is 0 Å². The van der Waals surface area contributed by atoms with E-state index >= 15 is 0 Å². The summed E-state index contributed by atoms with van der Waals surface area (Å²) in [5.74, 6) is 0. The van der Waals surface area contributed by atoms with Crippen LogP contribution in [0.25, 0.3) is 77.9 Å². The molecule has 0 unspecified atom stereocenters. The van der Waals surface area contributed by atoms with Gasteiger partial charge >= 0.3 is 0 Å². The summed E-state index contributed by atoms with van der Waals surface area (Å²) in [7, 11) is 0. The Kier molecular flexibility index (Phi) is 5.43. The fourth-order valence-electron chi connectivity index (χ4n) is 6.36. The van der Waals surface area contributed by atoms with Gasteiger partial charge in [0.2, 0.25) is 0 Å². The third-order valence-corrected chi connectivity index (χ3v) is 8.38. The lowest BCUT2D eigenvalue weighted by Crippen LogP contribution is -1.99. The first-order chi connectivity index (χ1) is 21.8. The Balaban J connectivity index is 1.25. The maximum absolute atomic E-state index is 5.40. The van der Waals surface area contributed by atoms with Gasteiger partial charge in [0.25, 0.3) is 0 Å². The molecule has 0 spiro atoms. The van der Waals surface area contributed by atoms with Gasteiger partial charge in [-0.3, -0.25) is 14.1 Å². The molecule has 5 heterocycles. The summed E-state index contributed by atoms with van der Waals surface area (Å²) in [6.07, 6.45) is 1.86. The molecule has 0 fully saturated rings. The SMILES string of the molecule is c1ccc(-c2cccc(-c3ccc(-n4c5cccnc5c5cc6c7ccccc7n(-c7ccccc7)c6nc54)cc3)n2)cc1. The molecule has 4 aromatic carbocycles.